The molecule has 4 rings (SSSR count). The zero-order chi connectivity index (χ0) is 23.0. The summed E-state index contributed by atoms with van der Waals surface area (Å²) in [6.07, 6.45) is -1.89. The van der Waals surface area contributed by atoms with E-state index in [0.717, 1.165) is 4.68 Å². The summed E-state index contributed by atoms with van der Waals surface area (Å²) in [5.41, 5.74) is -0.581. The number of pyridine rings is 1. The Hall–Kier alpha value is -4.22. The fourth-order valence-electron chi connectivity index (χ4n) is 3.21. The molecule has 0 aliphatic rings. The Balaban J connectivity index is 1.82. The van der Waals surface area contributed by atoms with Crippen LogP contribution in [0.4, 0.5) is 18.9 Å². The van der Waals surface area contributed by atoms with Gasteiger partial charge in [-0.3, -0.25) is 14.7 Å². The second-order valence-electron chi connectivity index (χ2n) is 6.82. The number of benzene rings is 1. The minimum Gasteiger partial charge on any atom is -0.355 e. The van der Waals surface area contributed by atoms with Crippen LogP contribution in [-0.2, 0) is 6.18 Å². The lowest BCUT2D eigenvalue weighted by molar-refractivity contribution is -0.141. The van der Waals surface area contributed by atoms with Gasteiger partial charge in [-0.15, -0.1) is 0 Å². The largest absolute Gasteiger partial charge is 0.435 e. The number of amides is 2. The van der Waals surface area contributed by atoms with Gasteiger partial charge in [-0.05, 0) is 30.7 Å². The Morgan fingerprint density at radius 2 is 1.94 bits per heavy atom. The second-order valence-corrected chi connectivity index (χ2v) is 6.82. The molecule has 4 aromatic rings. The number of hydrogen-bond donors (Lipinski definition) is 3. The highest BCUT2D eigenvalue weighted by Gasteiger charge is 2.36. The van der Waals surface area contributed by atoms with Crippen molar-refractivity contribution >= 4 is 28.4 Å². The van der Waals surface area contributed by atoms with Crippen LogP contribution in [0.25, 0.3) is 16.7 Å². The lowest BCUT2D eigenvalue weighted by atomic mass is 10.1. The second kappa shape index (κ2) is 7.80. The number of nitrogens with one attached hydrogen (secondary N) is 3. The SMILES string of the molecule is CNC(=O)c1c(NC(=O)c2cc(C(F)(F)F)nn2-c2ncccc2C)ccc2cn[nH]c12. The minimum atomic E-state index is -4.77. The van der Waals surface area contributed by atoms with Gasteiger partial charge in [0, 0.05) is 24.7 Å². The van der Waals surface area contributed by atoms with Crippen LogP contribution in [0.2, 0.25) is 0 Å². The summed E-state index contributed by atoms with van der Waals surface area (Å²) in [5, 5.41) is 15.7. The molecule has 1 aromatic carbocycles. The van der Waals surface area contributed by atoms with Crippen LogP contribution in [-0.4, -0.2) is 43.8 Å². The number of H-pyrrole nitrogens is 1. The summed E-state index contributed by atoms with van der Waals surface area (Å²) >= 11 is 0. The van der Waals surface area contributed by atoms with E-state index >= 15 is 0 Å². The van der Waals surface area contributed by atoms with Crippen molar-refractivity contribution in [1.29, 1.82) is 0 Å². The standard InChI is InChI=1S/C20H16F3N7O2/c1-10-4-3-7-25-17(10)30-13(8-14(29-30)20(21,22)23)18(31)27-12-6-5-11-9-26-28-16(11)15(12)19(32)24-2/h3-9H,1-2H3,(H,24,32)(H,26,28)(H,27,31). The summed E-state index contributed by atoms with van der Waals surface area (Å²) in [4.78, 5) is 29.6. The molecule has 3 heterocycles. The van der Waals surface area contributed by atoms with E-state index in [1.165, 1.54) is 25.5 Å². The first-order valence-electron chi connectivity index (χ1n) is 9.29. The number of anilines is 1. The molecule has 0 atom stereocenters. The normalized spacial score (nSPS) is 11.5. The Kier molecular flexibility index (Phi) is 5.12. The number of rotatable bonds is 4. The number of fused-ring (bicyclic) bond motifs is 1. The molecule has 0 aliphatic carbocycles. The van der Waals surface area contributed by atoms with E-state index in [1.54, 1.807) is 25.1 Å². The molecule has 3 N–H and O–H groups in total. The number of aromatic nitrogens is 5. The number of nitrogens with zero attached hydrogens (tertiary/aromatic N) is 4. The number of carbonyl (C=O) groups excluding carboxylic acids is 2. The molecule has 0 fully saturated rings. The van der Waals surface area contributed by atoms with Crippen LogP contribution < -0.4 is 10.6 Å². The monoisotopic (exact) mass is 443 g/mol. The number of carbonyl (C=O) groups is 2. The van der Waals surface area contributed by atoms with E-state index in [9.17, 15) is 22.8 Å². The molecule has 2 amide bonds. The van der Waals surface area contributed by atoms with E-state index in [0.29, 0.717) is 22.5 Å². The summed E-state index contributed by atoms with van der Waals surface area (Å²) in [6, 6.07) is 6.97. The predicted octanol–water partition coefficient (Wildman–Crippen LogP) is 3.08. The lowest BCUT2D eigenvalue weighted by Crippen LogP contribution is -2.23. The molecule has 0 bridgehead atoms. The van der Waals surface area contributed by atoms with Crippen molar-refractivity contribution in [3.8, 4) is 5.82 Å². The highest BCUT2D eigenvalue weighted by atomic mass is 19.4. The van der Waals surface area contributed by atoms with Crippen molar-refractivity contribution in [2.75, 3.05) is 12.4 Å². The van der Waals surface area contributed by atoms with Gasteiger partial charge in [-0.25, -0.2) is 9.67 Å². The molecular formula is C20H16F3N7O2. The third kappa shape index (κ3) is 3.66. The van der Waals surface area contributed by atoms with Gasteiger partial charge in [0.05, 0.1) is 23.0 Å². The summed E-state index contributed by atoms with van der Waals surface area (Å²) in [5.74, 6) is -1.34. The van der Waals surface area contributed by atoms with Crippen LogP contribution in [0.15, 0.2) is 42.7 Å². The summed E-state index contributed by atoms with van der Waals surface area (Å²) in [6.45, 7) is 1.63. The van der Waals surface area contributed by atoms with Gasteiger partial charge in [0.1, 0.15) is 5.69 Å². The molecule has 0 radical (unpaired) electrons. The first kappa shape index (κ1) is 21.0. The number of alkyl halides is 3. The maximum atomic E-state index is 13.4. The van der Waals surface area contributed by atoms with E-state index < -0.39 is 29.4 Å². The van der Waals surface area contributed by atoms with Crippen LogP contribution >= 0.6 is 0 Å². The van der Waals surface area contributed by atoms with E-state index in [2.05, 4.69) is 30.9 Å². The van der Waals surface area contributed by atoms with Crippen molar-refractivity contribution in [3.05, 3.63) is 65.2 Å². The average Bonchev–Trinajstić information content (AvgIpc) is 3.40. The fourth-order valence-corrected chi connectivity index (χ4v) is 3.21. The lowest BCUT2D eigenvalue weighted by Gasteiger charge is -2.12. The van der Waals surface area contributed by atoms with Gasteiger partial charge in [0.25, 0.3) is 11.8 Å². The molecule has 32 heavy (non-hydrogen) atoms. The van der Waals surface area contributed by atoms with Crippen LogP contribution in [0.1, 0.15) is 32.1 Å². The topological polar surface area (TPSA) is 118 Å². The van der Waals surface area contributed by atoms with E-state index in [4.69, 9.17) is 0 Å². The Bertz CT molecular complexity index is 1340. The van der Waals surface area contributed by atoms with E-state index in [1.807, 2.05) is 0 Å². The Morgan fingerprint density at radius 1 is 1.16 bits per heavy atom. The molecule has 12 heteroatoms. The van der Waals surface area contributed by atoms with Crippen molar-refractivity contribution in [1.82, 2.24) is 30.3 Å². The maximum absolute atomic E-state index is 13.4. The van der Waals surface area contributed by atoms with Gasteiger partial charge in [0.2, 0.25) is 0 Å². The van der Waals surface area contributed by atoms with Crippen molar-refractivity contribution < 1.29 is 22.8 Å². The third-order valence-electron chi connectivity index (χ3n) is 4.73. The van der Waals surface area contributed by atoms with Crippen LogP contribution in [0, 0.1) is 6.92 Å². The van der Waals surface area contributed by atoms with Gasteiger partial charge < -0.3 is 10.6 Å². The smallest absolute Gasteiger partial charge is 0.355 e. The first-order chi connectivity index (χ1) is 15.2. The highest BCUT2D eigenvalue weighted by molar-refractivity contribution is 6.14. The minimum absolute atomic E-state index is 0.0729. The molecule has 0 unspecified atom stereocenters. The van der Waals surface area contributed by atoms with Crippen LogP contribution in [0.5, 0.6) is 0 Å². The highest BCUT2D eigenvalue weighted by Crippen LogP contribution is 2.31. The molecule has 9 nitrogen and oxygen atoms in total. The molecule has 0 aliphatic heterocycles. The summed E-state index contributed by atoms with van der Waals surface area (Å²) in [7, 11) is 1.41. The molecule has 3 aromatic heterocycles. The van der Waals surface area contributed by atoms with Gasteiger partial charge in [-0.2, -0.15) is 23.4 Å². The third-order valence-corrected chi connectivity index (χ3v) is 4.73. The van der Waals surface area contributed by atoms with E-state index in [-0.39, 0.29) is 17.1 Å². The zero-order valence-electron chi connectivity index (χ0n) is 16.8. The Morgan fingerprint density at radius 3 is 2.62 bits per heavy atom. The number of aromatic amines is 1. The number of hydrogen-bond acceptors (Lipinski definition) is 5. The number of aryl methyl sites for hydroxylation is 1. The maximum Gasteiger partial charge on any atom is 0.435 e. The quantitative estimate of drug-likeness (QED) is 0.448. The molecule has 0 spiro atoms. The molecule has 0 saturated carbocycles. The van der Waals surface area contributed by atoms with Crippen molar-refractivity contribution in [3.63, 3.8) is 0 Å². The fraction of sp³-hybridized carbons (Fsp3) is 0.150. The van der Waals surface area contributed by atoms with Gasteiger partial charge in [0.15, 0.2) is 11.5 Å². The van der Waals surface area contributed by atoms with Crippen molar-refractivity contribution in [2.24, 2.45) is 0 Å². The predicted molar refractivity (Wildman–Crippen MR) is 109 cm³/mol. The molecule has 164 valence electrons. The average molecular weight is 443 g/mol. The van der Waals surface area contributed by atoms with Gasteiger partial charge >= 0.3 is 6.18 Å². The zero-order valence-corrected chi connectivity index (χ0v) is 16.8. The Labute approximate surface area is 178 Å². The van der Waals surface area contributed by atoms with Crippen LogP contribution in [0.3, 0.4) is 0 Å². The summed E-state index contributed by atoms with van der Waals surface area (Å²) < 4.78 is 40.9. The first-order valence-corrected chi connectivity index (χ1v) is 9.29. The van der Waals surface area contributed by atoms with Gasteiger partial charge in [-0.1, -0.05) is 6.07 Å². The molecule has 0 saturated heterocycles. The number of halogens is 3. The molecular weight excluding hydrogens is 427 g/mol. The van der Waals surface area contributed by atoms with Crippen molar-refractivity contribution in [2.45, 2.75) is 13.1 Å².